The summed E-state index contributed by atoms with van der Waals surface area (Å²) in [5, 5.41) is 29.7. The summed E-state index contributed by atoms with van der Waals surface area (Å²) in [5.41, 5.74) is 0.264. The zero-order valence-corrected chi connectivity index (χ0v) is 17.8. The molecular formula is C26H27NO4. The van der Waals surface area contributed by atoms with Gasteiger partial charge < -0.3 is 20.3 Å². The second-order valence-corrected chi connectivity index (χ2v) is 8.32. The highest BCUT2D eigenvalue weighted by Crippen LogP contribution is 2.33. The Bertz CT molecular complexity index is 1250. The van der Waals surface area contributed by atoms with Gasteiger partial charge in [-0.1, -0.05) is 60.7 Å². The molecule has 0 aliphatic heterocycles. The fraction of sp³-hybridized carbons (Fsp3) is 0.269. The molecule has 0 saturated carbocycles. The number of aliphatic hydroxyl groups excluding tert-OH is 2. The molecular weight excluding hydrogens is 390 g/mol. The number of carbonyl (C=O) groups excluding carboxylic acids is 1. The molecule has 2 atom stereocenters. The van der Waals surface area contributed by atoms with Crippen LogP contribution in [-0.2, 0) is 16.1 Å². The van der Waals surface area contributed by atoms with Crippen molar-refractivity contribution in [3.63, 3.8) is 0 Å². The summed E-state index contributed by atoms with van der Waals surface area (Å²) in [5.74, 6) is -0.705. The summed E-state index contributed by atoms with van der Waals surface area (Å²) in [6.07, 6.45) is -1.19. The van der Waals surface area contributed by atoms with Gasteiger partial charge in [-0.3, -0.25) is 0 Å². The average Bonchev–Trinajstić information content (AvgIpc) is 2.80. The molecule has 0 aliphatic rings. The van der Waals surface area contributed by atoms with E-state index >= 15 is 0 Å². The van der Waals surface area contributed by atoms with Gasteiger partial charge in [0.25, 0.3) is 0 Å². The van der Waals surface area contributed by atoms with Crippen LogP contribution in [-0.4, -0.2) is 41.0 Å². The van der Waals surface area contributed by atoms with Crippen LogP contribution in [0.4, 0.5) is 0 Å². The molecule has 3 N–H and O–H groups in total. The molecule has 0 spiro atoms. The molecule has 0 heterocycles. The fourth-order valence-corrected chi connectivity index (χ4v) is 3.89. The third kappa shape index (κ3) is 4.26. The van der Waals surface area contributed by atoms with Crippen molar-refractivity contribution in [2.45, 2.75) is 32.0 Å². The molecule has 0 fully saturated rings. The molecule has 4 aromatic rings. The standard InChI is InChI=1S/C26H27NO4/c1-17(29)25(30)31-16-26(2,15-28)27-14-19-13-24-20-8-4-3-7-18(20)11-12-23(24)22-10-6-5-9-21(19)22/h3-13,17,27-29H,14-16H2,1-2H3. The monoisotopic (exact) mass is 417 g/mol. The van der Waals surface area contributed by atoms with E-state index in [4.69, 9.17) is 4.74 Å². The lowest BCUT2D eigenvalue weighted by Crippen LogP contribution is -2.50. The first-order valence-corrected chi connectivity index (χ1v) is 10.4. The van der Waals surface area contributed by atoms with Gasteiger partial charge in [-0.25, -0.2) is 4.79 Å². The molecule has 0 saturated heterocycles. The minimum absolute atomic E-state index is 0.0400. The van der Waals surface area contributed by atoms with Crippen LogP contribution in [0, 0.1) is 0 Å². The normalized spacial score (nSPS) is 14.6. The number of esters is 1. The number of ether oxygens (including phenoxy) is 1. The van der Waals surface area contributed by atoms with E-state index in [-0.39, 0.29) is 13.2 Å². The van der Waals surface area contributed by atoms with Gasteiger partial charge in [0.15, 0.2) is 0 Å². The van der Waals surface area contributed by atoms with Gasteiger partial charge in [-0.2, -0.15) is 0 Å². The van der Waals surface area contributed by atoms with E-state index in [2.05, 4.69) is 47.8 Å². The Hall–Kier alpha value is -2.99. The van der Waals surface area contributed by atoms with Crippen molar-refractivity contribution >= 4 is 38.3 Å². The Labute approximate surface area is 181 Å². The number of carbonyl (C=O) groups is 1. The van der Waals surface area contributed by atoms with Crippen molar-refractivity contribution in [3.05, 3.63) is 72.3 Å². The van der Waals surface area contributed by atoms with Gasteiger partial charge in [0.2, 0.25) is 0 Å². The summed E-state index contributed by atoms with van der Waals surface area (Å²) in [4.78, 5) is 11.6. The Morgan fingerprint density at radius 1 is 0.968 bits per heavy atom. The van der Waals surface area contributed by atoms with Gasteiger partial charge >= 0.3 is 5.97 Å². The Balaban J connectivity index is 1.72. The van der Waals surface area contributed by atoms with Gasteiger partial charge in [0, 0.05) is 6.54 Å². The van der Waals surface area contributed by atoms with Crippen molar-refractivity contribution in [2.24, 2.45) is 0 Å². The van der Waals surface area contributed by atoms with Crippen LogP contribution in [0.1, 0.15) is 19.4 Å². The number of rotatable bonds is 7. The third-order valence-corrected chi connectivity index (χ3v) is 5.78. The first-order chi connectivity index (χ1) is 14.9. The number of nitrogens with one attached hydrogen (secondary N) is 1. The molecule has 160 valence electrons. The first-order valence-electron chi connectivity index (χ1n) is 10.4. The zero-order valence-electron chi connectivity index (χ0n) is 17.8. The summed E-state index contributed by atoms with van der Waals surface area (Å²) in [7, 11) is 0. The van der Waals surface area contributed by atoms with E-state index in [0.29, 0.717) is 6.54 Å². The predicted octanol–water partition coefficient (Wildman–Crippen LogP) is 3.91. The molecule has 4 aromatic carbocycles. The maximum absolute atomic E-state index is 11.6. The summed E-state index contributed by atoms with van der Waals surface area (Å²) in [6, 6.07) is 23.2. The van der Waals surface area contributed by atoms with E-state index < -0.39 is 17.6 Å². The first kappa shape index (κ1) is 21.2. The number of benzene rings is 4. The number of hydrogen-bond acceptors (Lipinski definition) is 5. The summed E-state index contributed by atoms with van der Waals surface area (Å²) >= 11 is 0. The lowest BCUT2D eigenvalue weighted by molar-refractivity contribution is -0.155. The van der Waals surface area contributed by atoms with Crippen molar-refractivity contribution in [1.82, 2.24) is 5.32 Å². The van der Waals surface area contributed by atoms with E-state index in [1.165, 1.54) is 33.9 Å². The Kier molecular flexibility index (Phi) is 5.92. The lowest BCUT2D eigenvalue weighted by Gasteiger charge is -2.29. The van der Waals surface area contributed by atoms with Crippen LogP contribution in [0.2, 0.25) is 0 Å². The van der Waals surface area contributed by atoms with E-state index in [0.717, 1.165) is 10.9 Å². The molecule has 0 aromatic heterocycles. The van der Waals surface area contributed by atoms with E-state index in [9.17, 15) is 15.0 Å². The van der Waals surface area contributed by atoms with Crippen molar-refractivity contribution in [1.29, 1.82) is 0 Å². The molecule has 2 unspecified atom stereocenters. The quantitative estimate of drug-likeness (QED) is 0.314. The smallest absolute Gasteiger partial charge is 0.334 e. The highest BCUT2D eigenvalue weighted by atomic mass is 16.5. The average molecular weight is 418 g/mol. The maximum Gasteiger partial charge on any atom is 0.334 e. The molecule has 31 heavy (non-hydrogen) atoms. The summed E-state index contributed by atoms with van der Waals surface area (Å²) in [6.45, 7) is 3.39. The fourth-order valence-electron chi connectivity index (χ4n) is 3.89. The van der Waals surface area contributed by atoms with Crippen LogP contribution in [0.5, 0.6) is 0 Å². The van der Waals surface area contributed by atoms with Crippen LogP contribution in [0.15, 0.2) is 66.7 Å². The Morgan fingerprint density at radius 2 is 1.61 bits per heavy atom. The number of hydrogen-bond donors (Lipinski definition) is 3. The highest BCUT2D eigenvalue weighted by Gasteiger charge is 2.26. The molecule has 5 nitrogen and oxygen atoms in total. The topological polar surface area (TPSA) is 78.8 Å². The largest absolute Gasteiger partial charge is 0.462 e. The highest BCUT2D eigenvalue weighted by molar-refractivity contribution is 6.18. The molecule has 5 heteroatoms. The molecule has 0 radical (unpaired) electrons. The van der Waals surface area contributed by atoms with Crippen molar-refractivity contribution in [2.75, 3.05) is 13.2 Å². The van der Waals surface area contributed by atoms with Gasteiger partial charge in [-0.15, -0.1) is 0 Å². The lowest BCUT2D eigenvalue weighted by atomic mass is 9.93. The minimum atomic E-state index is -1.19. The second-order valence-electron chi connectivity index (χ2n) is 8.32. The van der Waals surface area contributed by atoms with Crippen LogP contribution >= 0.6 is 0 Å². The zero-order chi connectivity index (χ0) is 22.0. The van der Waals surface area contributed by atoms with Gasteiger partial charge in [0.05, 0.1) is 12.1 Å². The second kappa shape index (κ2) is 8.63. The number of fused-ring (bicyclic) bond motifs is 5. The van der Waals surface area contributed by atoms with E-state index in [1.807, 2.05) is 24.3 Å². The molecule has 4 rings (SSSR count). The SMILES string of the molecule is CC(O)C(=O)OCC(C)(CO)NCc1cc2c3ccccc3ccc2c2ccccc12. The Morgan fingerprint density at radius 3 is 2.32 bits per heavy atom. The summed E-state index contributed by atoms with van der Waals surface area (Å²) < 4.78 is 5.15. The molecule has 0 amide bonds. The van der Waals surface area contributed by atoms with Crippen LogP contribution < -0.4 is 5.32 Å². The molecule has 0 aliphatic carbocycles. The molecule has 0 bridgehead atoms. The van der Waals surface area contributed by atoms with Gasteiger partial charge in [-0.05, 0) is 57.8 Å². The third-order valence-electron chi connectivity index (χ3n) is 5.78. The predicted molar refractivity (Wildman–Crippen MR) is 124 cm³/mol. The number of aliphatic hydroxyl groups is 2. The van der Waals surface area contributed by atoms with Crippen molar-refractivity contribution < 1.29 is 19.7 Å². The minimum Gasteiger partial charge on any atom is -0.462 e. The van der Waals surface area contributed by atoms with Crippen LogP contribution in [0.25, 0.3) is 32.3 Å². The van der Waals surface area contributed by atoms with Crippen LogP contribution in [0.3, 0.4) is 0 Å². The van der Waals surface area contributed by atoms with E-state index in [1.54, 1.807) is 6.92 Å². The maximum atomic E-state index is 11.6. The van der Waals surface area contributed by atoms with Crippen molar-refractivity contribution in [3.8, 4) is 0 Å². The van der Waals surface area contributed by atoms with Gasteiger partial charge in [0.1, 0.15) is 12.7 Å².